The number of Topliss-reactive ketones (excluding diaryl/α,β-unsaturated/α-hetero) is 1. The summed E-state index contributed by atoms with van der Waals surface area (Å²) in [6.45, 7) is 4.96. The molecule has 3 heterocycles. The molecule has 7 heteroatoms. The average Bonchev–Trinajstić information content (AvgIpc) is 3.14. The van der Waals surface area contributed by atoms with Crippen LogP contribution in [0.1, 0.15) is 27.0 Å². The van der Waals surface area contributed by atoms with Gasteiger partial charge in [-0.1, -0.05) is 18.2 Å². The summed E-state index contributed by atoms with van der Waals surface area (Å²) in [6, 6.07) is 12.1. The summed E-state index contributed by atoms with van der Waals surface area (Å²) in [4.78, 5) is 21.3. The number of phenols is 1. The van der Waals surface area contributed by atoms with Crippen molar-refractivity contribution in [3.63, 3.8) is 0 Å². The second-order valence-electron chi connectivity index (χ2n) is 8.34. The molecule has 0 bridgehead atoms. The van der Waals surface area contributed by atoms with Crippen molar-refractivity contribution in [2.24, 2.45) is 0 Å². The van der Waals surface area contributed by atoms with E-state index in [-0.39, 0.29) is 23.1 Å². The van der Waals surface area contributed by atoms with Crippen LogP contribution >= 0.6 is 0 Å². The minimum atomic E-state index is -0.222. The van der Waals surface area contributed by atoms with Crippen molar-refractivity contribution in [2.45, 2.75) is 13.5 Å². The number of para-hydroxylation sites is 1. The number of benzene rings is 2. The van der Waals surface area contributed by atoms with Crippen LogP contribution in [0.4, 0.5) is 10.1 Å². The second-order valence-corrected chi connectivity index (χ2v) is 8.34. The van der Waals surface area contributed by atoms with Crippen molar-refractivity contribution in [1.29, 1.82) is 0 Å². The number of ether oxygens (including phenoxy) is 1. The molecule has 1 N–H and O–H groups in total. The number of rotatable bonds is 4. The number of fused-ring (bicyclic) bond motifs is 1. The van der Waals surface area contributed by atoms with Gasteiger partial charge in [0.2, 0.25) is 5.78 Å². The maximum Gasteiger partial charge on any atom is 0.232 e. The number of phenolic OH excluding ortho intramolecular Hbond substituents is 1. The Morgan fingerprint density at radius 3 is 2.67 bits per heavy atom. The molecule has 0 saturated carbocycles. The molecule has 0 radical (unpaired) electrons. The number of carbonyl (C=O) groups excluding carboxylic acids is 1. The quantitative estimate of drug-likeness (QED) is 0.608. The van der Waals surface area contributed by atoms with Crippen molar-refractivity contribution >= 4 is 17.5 Å². The number of aromatic hydroxyl groups is 1. The van der Waals surface area contributed by atoms with Crippen LogP contribution in [0.15, 0.2) is 60.6 Å². The summed E-state index contributed by atoms with van der Waals surface area (Å²) >= 11 is 0. The number of aromatic nitrogens is 1. The molecule has 3 aromatic rings. The molecule has 168 valence electrons. The summed E-state index contributed by atoms with van der Waals surface area (Å²) in [5.41, 5.74) is 3.13. The van der Waals surface area contributed by atoms with Crippen molar-refractivity contribution in [3.8, 4) is 11.5 Å². The van der Waals surface area contributed by atoms with E-state index in [9.17, 15) is 14.3 Å². The van der Waals surface area contributed by atoms with Gasteiger partial charge < -0.3 is 14.7 Å². The van der Waals surface area contributed by atoms with Crippen molar-refractivity contribution < 1.29 is 19.0 Å². The van der Waals surface area contributed by atoms with E-state index in [1.807, 2.05) is 17.0 Å². The summed E-state index contributed by atoms with van der Waals surface area (Å²) in [5, 5.41) is 10.7. The van der Waals surface area contributed by atoms with E-state index in [1.165, 1.54) is 6.07 Å². The first-order valence-electron chi connectivity index (χ1n) is 10.9. The third-order valence-electron chi connectivity index (χ3n) is 6.15. The van der Waals surface area contributed by atoms with E-state index in [0.29, 0.717) is 60.9 Å². The summed E-state index contributed by atoms with van der Waals surface area (Å²) in [5.74, 6) is 0.330. The topological polar surface area (TPSA) is 65.9 Å². The van der Waals surface area contributed by atoms with Gasteiger partial charge in [0, 0.05) is 45.1 Å². The van der Waals surface area contributed by atoms with Crippen LogP contribution < -0.4 is 9.64 Å². The zero-order valence-electron chi connectivity index (χ0n) is 18.3. The van der Waals surface area contributed by atoms with Crippen LogP contribution in [-0.2, 0) is 6.54 Å². The fourth-order valence-corrected chi connectivity index (χ4v) is 4.42. The molecule has 1 fully saturated rings. The molecule has 2 aromatic carbocycles. The molecule has 33 heavy (non-hydrogen) atoms. The van der Waals surface area contributed by atoms with Crippen LogP contribution in [0, 0.1) is 12.7 Å². The van der Waals surface area contributed by atoms with E-state index in [0.717, 1.165) is 5.56 Å². The van der Waals surface area contributed by atoms with Crippen molar-refractivity contribution in [2.75, 3.05) is 31.1 Å². The van der Waals surface area contributed by atoms with Gasteiger partial charge in [0.1, 0.15) is 17.3 Å². The normalized spacial score (nSPS) is 17.3. The van der Waals surface area contributed by atoms with E-state index in [1.54, 1.807) is 49.7 Å². The van der Waals surface area contributed by atoms with E-state index < -0.39 is 0 Å². The smallest absolute Gasteiger partial charge is 0.232 e. The van der Waals surface area contributed by atoms with Gasteiger partial charge in [-0.25, -0.2) is 4.39 Å². The zero-order valence-corrected chi connectivity index (χ0v) is 18.3. The van der Waals surface area contributed by atoms with E-state index in [4.69, 9.17) is 4.74 Å². The largest absolute Gasteiger partial charge is 0.507 e. The van der Waals surface area contributed by atoms with Gasteiger partial charge in [-0.2, -0.15) is 0 Å². The lowest BCUT2D eigenvalue weighted by Gasteiger charge is -2.36. The standard InChI is InChI=1S/C26H24FN3O3/c1-17-13-22(31)19(16-29-9-11-30(12-10-29)21-7-3-2-6-20(21)27)26-24(17)25(32)23(33-26)14-18-5-4-8-28-15-18/h2-8,13-15,31H,9-12,16H2,1H3/b23-14-. The Bertz CT molecular complexity index is 1240. The monoisotopic (exact) mass is 445 g/mol. The highest BCUT2D eigenvalue weighted by atomic mass is 19.1. The molecule has 0 spiro atoms. The molecule has 2 aliphatic heterocycles. The minimum absolute atomic E-state index is 0.109. The van der Waals surface area contributed by atoms with E-state index >= 15 is 0 Å². The SMILES string of the molecule is Cc1cc(O)c(CN2CCN(c3ccccc3F)CC2)c2c1C(=O)/C(=C/c1cccnc1)O2. The summed E-state index contributed by atoms with van der Waals surface area (Å²) in [7, 11) is 0. The van der Waals surface area contributed by atoms with Gasteiger partial charge in [-0.15, -0.1) is 0 Å². The van der Waals surface area contributed by atoms with Gasteiger partial charge >= 0.3 is 0 Å². The Hall–Kier alpha value is -3.71. The van der Waals surface area contributed by atoms with Crippen LogP contribution in [0.3, 0.4) is 0 Å². The Labute approximate surface area is 191 Å². The zero-order chi connectivity index (χ0) is 22.9. The van der Waals surface area contributed by atoms with Gasteiger partial charge in [0.05, 0.1) is 16.8 Å². The predicted octanol–water partition coefficient (Wildman–Crippen LogP) is 4.17. The number of piperazine rings is 1. The average molecular weight is 445 g/mol. The molecular formula is C26H24FN3O3. The highest BCUT2D eigenvalue weighted by molar-refractivity contribution is 6.15. The number of ketones is 1. The van der Waals surface area contributed by atoms with E-state index in [2.05, 4.69) is 9.88 Å². The number of allylic oxidation sites excluding steroid dienone is 1. The van der Waals surface area contributed by atoms with Crippen molar-refractivity contribution in [1.82, 2.24) is 9.88 Å². The number of hydrogen-bond donors (Lipinski definition) is 1. The predicted molar refractivity (Wildman–Crippen MR) is 124 cm³/mol. The van der Waals surface area contributed by atoms with Gasteiger partial charge in [0.25, 0.3) is 0 Å². The molecule has 0 atom stereocenters. The van der Waals surface area contributed by atoms with Gasteiger partial charge in [0.15, 0.2) is 5.76 Å². The minimum Gasteiger partial charge on any atom is -0.507 e. The van der Waals surface area contributed by atoms with Gasteiger partial charge in [-0.3, -0.25) is 14.7 Å². The number of hydrogen-bond acceptors (Lipinski definition) is 6. The lowest BCUT2D eigenvalue weighted by atomic mass is 9.99. The maximum atomic E-state index is 14.1. The summed E-state index contributed by atoms with van der Waals surface area (Å²) in [6.07, 6.45) is 5.00. The first-order chi connectivity index (χ1) is 16.0. The fourth-order valence-electron chi connectivity index (χ4n) is 4.42. The van der Waals surface area contributed by atoms with Crippen molar-refractivity contribution in [3.05, 3.63) is 88.7 Å². The maximum absolute atomic E-state index is 14.1. The highest BCUT2D eigenvalue weighted by Crippen LogP contribution is 2.42. The molecule has 5 rings (SSSR count). The molecule has 1 aromatic heterocycles. The Morgan fingerprint density at radius 1 is 1.15 bits per heavy atom. The van der Waals surface area contributed by atoms with Crippen LogP contribution in [0.25, 0.3) is 6.08 Å². The Kier molecular flexibility index (Phi) is 5.56. The molecular weight excluding hydrogens is 421 g/mol. The first-order valence-corrected chi connectivity index (χ1v) is 10.9. The second kappa shape index (κ2) is 8.67. The third kappa shape index (κ3) is 4.07. The number of aryl methyl sites for hydroxylation is 1. The fraction of sp³-hybridized carbons (Fsp3) is 0.231. The first kappa shape index (κ1) is 21.2. The lowest BCUT2D eigenvalue weighted by Crippen LogP contribution is -2.46. The summed E-state index contributed by atoms with van der Waals surface area (Å²) < 4.78 is 20.1. The van der Waals surface area contributed by atoms with Crippen LogP contribution in [0.5, 0.6) is 11.5 Å². The van der Waals surface area contributed by atoms with Crippen LogP contribution in [0.2, 0.25) is 0 Å². The highest BCUT2D eigenvalue weighted by Gasteiger charge is 2.34. The number of anilines is 1. The Morgan fingerprint density at radius 2 is 1.94 bits per heavy atom. The number of carbonyl (C=O) groups is 1. The molecule has 0 amide bonds. The third-order valence-corrected chi connectivity index (χ3v) is 6.15. The lowest BCUT2D eigenvalue weighted by molar-refractivity contribution is 0.101. The number of nitrogens with zero attached hydrogens (tertiary/aromatic N) is 3. The molecule has 6 nitrogen and oxygen atoms in total. The molecule has 1 saturated heterocycles. The molecule has 0 unspecified atom stereocenters. The number of pyridine rings is 1. The molecule has 0 aliphatic carbocycles. The Balaban J connectivity index is 1.37. The van der Waals surface area contributed by atoms with Crippen LogP contribution in [-0.4, -0.2) is 47.0 Å². The number of halogens is 1. The van der Waals surface area contributed by atoms with Gasteiger partial charge in [-0.05, 0) is 48.4 Å². The molecule has 2 aliphatic rings.